The van der Waals surface area contributed by atoms with Crippen molar-refractivity contribution in [2.24, 2.45) is 0 Å². The number of hydrogen-bond donors (Lipinski definition) is 0. The van der Waals surface area contributed by atoms with Crippen LogP contribution in [0.1, 0.15) is 16.0 Å². The molecular formula is C17H11BrF2. The van der Waals surface area contributed by atoms with E-state index >= 15 is 0 Å². The van der Waals surface area contributed by atoms with Gasteiger partial charge in [-0.05, 0) is 34.5 Å². The van der Waals surface area contributed by atoms with Gasteiger partial charge in [0.2, 0.25) is 0 Å². The molecule has 0 saturated carbocycles. The number of rotatable bonds is 2. The van der Waals surface area contributed by atoms with Gasteiger partial charge in [-0.2, -0.15) is 0 Å². The summed E-state index contributed by atoms with van der Waals surface area (Å²) in [5.41, 5.74) is 1.23. The van der Waals surface area contributed by atoms with E-state index in [4.69, 9.17) is 0 Å². The fourth-order valence-electron chi connectivity index (χ4n) is 2.35. The van der Waals surface area contributed by atoms with Gasteiger partial charge in [-0.3, -0.25) is 0 Å². The maximum absolute atomic E-state index is 13.9. The standard InChI is InChI=1S/C17H11BrF2/c18-17(15-10-12(19)8-9-16(15)20)14-7-3-5-11-4-1-2-6-13(11)14/h1-10,17H. The van der Waals surface area contributed by atoms with Crippen LogP contribution in [0.25, 0.3) is 10.8 Å². The van der Waals surface area contributed by atoms with E-state index in [1.807, 2.05) is 42.5 Å². The molecule has 0 aromatic heterocycles. The summed E-state index contributed by atoms with van der Waals surface area (Å²) in [6.45, 7) is 0. The molecule has 1 unspecified atom stereocenters. The second kappa shape index (κ2) is 5.33. The summed E-state index contributed by atoms with van der Waals surface area (Å²) in [5, 5.41) is 2.10. The maximum atomic E-state index is 13.9. The summed E-state index contributed by atoms with van der Waals surface area (Å²) in [6.07, 6.45) is 0. The summed E-state index contributed by atoms with van der Waals surface area (Å²) in [6, 6.07) is 17.2. The van der Waals surface area contributed by atoms with Crippen LogP contribution in [0.2, 0.25) is 0 Å². The highest BCUT2D eigenvalue weighted by molar-refractivity contribution is 9.09. The molecule has 0 nitrogen and oxygen atoms in total. The molecule has 3 aromatic carbocycles. The van der Waals surface area contributed by atoms with Gasteiger partial charge in [0.1, 0.15) is 11.6 Å². The molecule has 100 valence electrons. The first-order chi connectivity index (χ1) is 9.66. The van der Waals surface area contributed by atoms with Gasteiger partial charge < -0.3 is 0 Å². The molecule has 0 aliphatic rings. The van der Waals surface area contributed by atoms with Crippen molar-refractivity contribution in [2.75, 3.05) is 0 Å². The highest BCUT2D eigenvalue weighted by atomic mass is 79.9. The Balaban J connectivity index is 2.17. The lowest BCUT2D eigenvalue weighted by atomic mass is 9.98. The Kier molecular flexibility index (Phi) is 3.53. The maximum Gasteiger partial charge on any atom is 0.128 e. The number of hydrogen-bond acceptors (Lipinski definition) is 0. The zero-order chi connectivity index (χ0) is 14.1. The van der Waals surface area contributed by atoms with Gasteiger partial charge in [-0.1, -0.05) is 58.4 Å². The third-order valence-electron chi connectivity index (χ3n) is 3.33. The largest absolute Gasteiger partial charge is 0.207 e. The fourth-order valence-corrected chi connectivity index (χ4v) is 3.10. The summed E-state index contributed by atoms with van der Waals surface area (Å²) >= 11 is 3.49. The van der Waals surface area contributed by atoms with Crippen molar-refractivity contribution in [3.63, 3.8) is 0 Å². The van der Waals surface area contributed by atoms with E-state index in [0.29, 0.717) is 5.56 Å². The van der Waals surface area contributed by atoms with E-state index in [0.717, 1.165) is 28.5 Å². The molecule has 3 rings (SSSR count). The van der Waals surface area contributed by atoms with E-state index in [1.54, 1.807) is 0 Å². The zero-order valence-electron chi connectivity index (χ0n) is 10.5. The third-order valence-corrected chi connectivity index (χ3v) is 4.31. The van der Waals surface area contributed by atoms with Crippen LogP contribution in [0.5, 0.6) is 0 Å². The van der Waals surface area contributed by atoms with E-state index in [-0.39, 0.29) is 4.83 Å². The van der Waals surface area contributed by atoms with Gasteiger partial charge in [-0.25, -0.2) is 8.78 Å². The molecule has 3 heteroatoms. The highest BCUT2D eigenvalue weighted by Gasteiger charge is 2.17. The van der Waals surface area contributed by atoms with Gasteiger partial charge in [-0.15, -0.1) is 0 Å². The first-order valence-corrected chi connectivity index (χ1v) is 7.15. The first kappa shape index (κ1) is 13.3. The van der Waals surface area contributed by atoms with Crippen molar-refractivity contribution in [2.45, 2.75) is 4.83 Å². The van der Waals surface area contributed by atoms with E-state index < -0.39 is 11.6 Å². The van der Waals surface area contributed by atoms with Crippen LogP contribution in [0, 0.1) is 11.6 Å². The van der Waals surface area contributed by atoms with Crippen LogP contribution in [-0.2, 0) is 0 Å². The Labute approximate surface area is 124 Å². The average Bonchev–Trinajstić information content (AvgIpc) is 2.48. The molecule has 0 aliphatic heterocycles. The van der Waals surface area contributed by atoms with Crippen LogP contribution in [0.15, 0.2) is 60.7 Å². The quantitative estimate of drug-likeness (QED) is 0.535. The second-order valence-corrected chi connectivity index (χ2v) is 5.51. The molecule has 0 bridgehead atoms. The molecule has 3 aromatic rings. The van der Waals surface area contributed by atoms with Crippen LogP contribution in [0.4, 0.5) is 8.78 Å². The van der Waals surface area contributed by atoms with E-state index in [9.17, 15) is 8.78 Å². The minimum atomic E-state index is -0.439. The second-order valence-electron chi connectivity index (χ2n) is 4.60. The highest BCUT2D eigenvalue weighted by Crippen LogP contribution is 2.36. The van der Waals surface area contributed by atoms with Crippen molar-refractivity contribution in [3.8, 4) is 0 Å². The van der Waals surface area contributed by atoms with Crippen LogP contribution >= 0.6 is 15.9 Å². The van der Waals surface area contributed by atoms with Crippen molar-refractivity contribution in [3.05, 3.63) is 83.4 Å². The van der Waals surface area contributed by atoms with Gasteiger partial charge in [0.25, 0.3) is 0 Å². The number of fused-ring (bicyclic) bond motifs is 1. The Hall–Kier alpha value is -1.74. The van der Waals surface area contributed by atoms with Crippen LogP contribution < -0.4 is 0 Å². The normalized spacial score (nSPS) is 12.6. The lowest BCUT2D eigenvalue weighted by molar-refractivity contribution is 0.588. The molecule has 0 radical (unpaired) electrons. The number of benzene rings is 3. The summed E-state index contributed by atoms with van der Waals surface area (Å²) in [4.78, 5) is -0.385. The fraction of sp³-hybridized carbons (Fsp3) is 0.0588. The molecule has 0 fully saturated rings. The molecule has 20 heavy (non-hydrogen) atoms. The average molecular weight is 333 g/mol. The monoisotopic (exact) mass is 332 g/mol. The SMILES string of the molecule is Fc1ccc(F)c(C(Br)c2cccc3ccccc23)c1. The molecule has 0 heterocycles. The molecule has 0 amide bonds. The predicted molar refractivity (Wildman–Crippen MR) is 81.1 cm³/mol. The van der Waals surface area contributed by atoms with E-state index in [2.05, 4.69) is 15.9 Å². The molecule has 0 N–H and O–H groups in total. The van der Waals surface area contributed by atoms with Crippen molar-refractivity contribution in [1.82, 2.24) is 0 Å². The Morgan fingerprint density at radius 3 is 2.40 bits per heavy atom. The minimum Gasteiger partial charge on any atom is -0.207 e. The van der Waals surface area contributed by atoms with Crippen molar-refractivity contribution >= 4 is 26.7 Å². The van der Waals surface area contributed by atoms with Gasteiger partial charge in [0.15, 0.2) is 0 Å². The third kappa shape index (κ3) is 2.34. The predicted octanol–water partition coefficient (Wildman–Crippen LogP) is 5.60. The molecule has 0 aliphatic carbocycles. The lowest BCUT2D eigenvalue weighted by Crippen LogP contribution is -1.98. The minimum absolute atomic E-state index is 0.307. The van der Waals surface area contributed by atoms with Crippen molar-refractivity contribution < 1.29 is 8.78 Å². The molecule has 0 spiro atoms. The topological polar surface area (TPSA) is 0 Å². The number of alkyl halides is 1. The lowest BCUT2D eigenvalue weighted by Gasteiger charge is -2.14. The van der Waals surface area contributed by atoms with Crippen molar-refractivity contribution in [1.29, 1.82) is 0 Å². The van der Waals surface area contributed by atoms with Crippen LogP contribution in [-0.4, -0.2) is 0 Å². The smallest absolute Gasteiger partial charge is 0.128 e. The summed E-state index contributed by atoms with van der Waals surface area (Å²) < 4.78 is 27.3. The summed E-state index contributed by atoms with van der Waals surface area (Å²) in [7, 11) is 0. The molecule has 0 saturated heterocycles. The summed E-state index contributed by atoms with van der Waals surface area (Å²) in [5.74, 6) is -0.854. The Morgan fingerprint density at radius 1 is 0.800 bits per heavy atom. The van der Waals surface area contributed by atoms with Crippen LogP contribution in [0.3, 0.4) is 0 Å². The van der Waals surface area contributed by atoms with Gasteiger partial charge in [0, 0.05) is 5.56 Å². The molecular weight excluding hydrogens is 322 g/mol. The Bertz CT molecular complexity index is 763. The Morgan fingerprint density at radius 2 is 1.55 bits per heavy atom. The van der Waals surface area contributed by atoms with Gasteiger partial charge in [0.05, 0.1) is 4.83 Å². The molecule has 1 atom stereocenters. The zero-order valence-corrected chi connectivity index (χ0v) is 12.1. The number of halogens is 3. The first-order valence-electron chi connectivity index (χ1n) is 6.23. The van der Waals surface area contributed by atoms with Gasteiger partial charge >= 0.3 is 0 Å². The van der Waals surface area contributed by atoms with E-state index in [1.165, 1.54) is 6.07 Å².